The molecule has 9 nitrogen and oxygen atoms in total. The number of halogens is 1. The Morgan fingerprint density at radius 2 is 1.97 bits per heavy atom. The molecule has 1 N–H and O–H groups in total. The molecule has 0 unspecified atom stereocenters. The van der Waals surface area contributed by atoms with Crippen molar-refractivity contribution in [2.75, 3.05) is 37.7 Å². The highest BCUT2D eigenvalue weighted by molar-refractivity contribution is 5.82. The minimum Gasteiger partial charge on any atom is -0.376 e. The Morgan fingerprint density at radius 3 is 2.76 bits per heavy atom. The number of aryl methyl sites for hydroxylation is 1. The normalized spacial score (nSPS) is 19.5. The standard InChI is InChI=1S/C27H30FN7O2/c1-18-6-4-7-19-16-21(27(36)29-24(18)19)25(26-30-31-32-35(26)17-20-8-5-15-37-20)34-13-11-33(12-14-34)23-10-3-2-9-22(23)28/h2-4,6-7,9-10,16,20,25H,5,8,11-15,17H2,1H3,(H,29,36)/t20-,25-/m1/s1. The maximum atomic E-state index is 14.5. The molecule has 0 spiro atoms. The lowest BCUT2D eigenvalue weighted by molar-refractivity contribution is 0.0906. The predicted octanol–water partition coefficient (Wildman–Crippen LogP) is 3.05. The number of ether oxygens (including phenoxy) is 1. The molecule has 6 rings (SSSR count). The molecule has 192 valence electrons. The number of nitrogens with one attached hydrogen (secondary N) is 1. The van der Waals surface area contributed by atoms with Crippen LogP contribution in [-0.2, 0) is 11.3 Å². The third-order valence-electron chi connectivity index (χ3n) is 7.49. The molecule has 0 bridgehead atoms. The Balaban J connectivity index is 1.37. The summed E-state index contributed by atoms with van der Waals surface area (Å²) >= 11 is 0. The Morgan fingerprint density at radius 1 is 1.14 bits per heavy atom. The van der Waals surface area contributed by atoms with Gasteiger partial charge in [-0.3, -0.25) is 9.69 Å². The first-order chi connectivity index (χ1) is 18.1. The quantitative estimate of drug-likeness (QED) is 0.432. The number of fused-ring (bicyclic) bond motifs is 1. The summed E-state index contributed by atoms with van der Waals surface area (Å²) in [5, 5.41) is 13.7. The fourth-order valence-electron chi connectivity index (χ4n) is 5.55. The van der Waals surface area contributed by atoms with Gasteiger partial charge < -0.3 is 14.6 Å². The van der Waals surface area contributed by atoms with Crippen molar-refractivity contribution < 1.29 is 9.13 Å². The topological polar surface area (TPSA) is 92.2 Å². The molecule has 2 aliphatic heterocycles. The Hall–Kier alpha value is -3.63. The number of benzene rings is 2. The van der Waals surface area contributed by atoms with Crippen LogP contribution in [0.5, 0.6) is 0 Å². The number of nitrogens with zero attached hydrogens (tertiary/aromatic N) is 6. The van der Waals surface area contributed by atoms with Crippen LogP contribution in [-0.4, -0.2) is 69.0 Å². The highest BCUT2D eigenvalue weighted by Crippen LogP contribution is 2.30. The van der Waals surface area contributed by atoms with E-state index in [1.54, 1.807) is 16.8 Å². The van der Waals surface area contributed by atoms with E-state index in [0.717, 1.165) is 35.9 Å². The van der Waals surface area contributed by atoms with Crippen molar-refractivity contribution in [3.8, 4) is 0 Å². The van der Waals surface area contributed by atoms with Crippen molar-refractivity contribution in [1.29, 1.82) is 0 Å². The zero-order valence-corrected chi connectivity index (χ0v) is 20.8. The van der Waals surface area contributed by atoms with E-state index in [1.807, 2.05) is 42.2 Å². The van der Waals surface area contributed by atoms with Crippen LogP contribution in [0.3, 0.4) is 0 Å². The molecule has 10 heteroatoms. The number of aromatic amines is 1. The lowest BCUT2D eigenvalue weighted by atomic mass is 10.0. The first-order valence-corrected chi connectivity index (χ1v) is 12.8. The lowest BCUT2D eigenvalue weighted by Crippen LogP contribution is -2.49. The van der Waals surface area contributed by atoms with E-state index in [2.05, 4.69) is 25.4 Å². The van der Waals surface area contributed by atoms with Gasteiger partial charge in [0, 0.05) is 38.3 Å². The number of anilines is 1. The summed E-state index contributed by atoms with van der Waals surface area (Å²) < 4.78 is 22.1. The molecule has 2 fully saturated rings. The van der Waals surface area contributed by atoms with Gasteiger partial charge in [-0.2, -0.15) is 0 Å². The number of hydrogen-bond acceptors (Lipinski definition) is 7. The van der Waals surface area contributed by atoms with Gasteiger partial charge in [-0.25, -0.2) is 9.07 Å². The van der Waals surface area contributed by atoms with Crippen molar-refractivity contribution in [3.05, 3.63) is 81.7 Å². The highest BCUT2D eigenvalue weighted by atomic mass is 19.1. The molecule has 0 aliphatic carbocycles. The fourth-order valence-corrected chi connectivity index (χ4v) is 5.55. The van der Waals surface area contributed by atoms with Gasteiger partial charge in [0.25, 0.3) is 5.56 Å². The van der Waals surface area contributed by atoms with Gasteiger partial charge in [0.2, 0.25) is 0 Å². The van der Waals surface area contributed by atoms with Gasteiger partial charge in [-0.15, -0.1) is 5.10 Å². The maximum absolute atomic E-state index is 14.5. The Kier molecular flexibility index (Phi) is 6.43. The van der Waals surface area contributed by atoms with Gasteiger partial charge in [-0.05, 0) is 59.3 Å². The number of piperazine rings is 1. The molecular formula is C27H30FN7O2. The molecule has 0 radical (unpaired) electrons. The Bertz CT molecular complexity index is 1450. The average molecular weight is 504 g/mol. The summed E-state index contributed by atoms with van der Waals surface area (Å²) in [6.45, 7) is 5.75. The zero-order chi connectivity index (χ0) is 25.4. The van der Waals surface area contributed by atoms with E-state index in [0.29, 0.717) is 49.8 Å². The fraction of sp³-hybridized carbons (Fsp3) is 0.407. The molecule has 2 atom stereocenters. The average Bonchev–Trinajstić information content (AvgIpc) is 3.59. The summed E-state index contributed by atoms with van der Waals surface area (Å²) in [6.07, 6.45) is 2.03. The molecule has 4 aromatic rings. The second kappa shape index (κ2) is 10.0. The van der Waals surface area contributed by atoms with Crippen LogP contribution >= 0.6 is 0 Å². The molecule has 2 aromatic carbocycles. The molecule has 0 amide bonds. The number of hydrogen-bond donors (Lipinski definition) is 1. The monoisotopic (exact) mass is 503 g/mol. The number of tetrazole rings is 1. The number of para-hydroxylation sites is 2. The minimum atomic E-state index is -0.451. The second-order valence-electron chi connectivity index (χ2n) is 9.82. The van der Waals surface area contributed by atoms with E-state index in [1.165, 1.54) is 6.07 Å². The van der Waals surface area contributed by atoms with Gasteiger partial charge in [-0.1, -0.05) is 30.3 Å². The molecular weight excluding hydrogens is 473 g/mol. The number of H-pyrrole nitrogens is 1. The highest BCUT2D eigenvalue weighted by Gasteiger charge is 2.34. The third kappa shape index (κ3) is 4.62. The van der Waals surface area contributed by atoms with Gasteiger partial charge in [0.15, 0.2) is 5.82 Å². The van der Waals surface area contributed by atoms with E-state index < -0.39 is 6.04 Å². The van der Waals surface area contributed by atoms with Crippen LogP contribution < -0.4 is 10.5 Å². The first-order valence-electron chi connectivity index (χ1n) is 12.8. The number of pyridine rings is 1. The predicted molar refractivity (Wildman–Crippen MR) is 138 cm³/mol. The van der Waals surface area contributed by atoms with Crippen molar-refractivity contribution in [2.45, 2.75) is 38.5 Å². The third-order valence-corrected chi connectivity index (χ3v) is 7.49. The smallest absolute Gasteiger partial charge is 0.253 e. The number of rotatable bonds is 6. The van der Waals surface area contributed by atoms with Crippen LogP contribution in [0.1, 0.15) is 35.8 Å². The SMILES string of the molecule is Cc1cccc2cc([C@H](c3nnnn3C[C@H]3CCCO3)N3CCN(c4ccccc4F)CC3)c(=O)[nH]c12. The van der Waals surface area contributed by atoms with Crippen molar-refractivity contribution in [2.24, 2.45) is 0 Å². The van der Waals surface area contributed by atoms with E-state index in [-0.39, 0.29) is 17.5 Å². The van der Waals surface area contributed by atoms with Gasteiger partial charge in [0.1, 0.15) is 11.9 Å². The van der Waals surface area contributed by atoms with Crippen LogP contribution in [0.15, 0.2) is 53.3 Å². The van der Waals surface area contributed by atoms with Gasteiger partial charge in [0.05, 0.1) is 23.9 Å². The molecule has 2 aromatic heterocycles. The lowest BCUT2D eigenvalue weighted by Gasteiger charge is -2.39. The van der Waals surface area contributed by atoms with Crippen molar-refractivity contribution >= 4 is 16.6 Å². The van der Waals surface area contributed by atoms with Crippen LogP contribution in [0.25, 0.3) is 10.9 Å². The van der Waals surface area contributed by atoms with E-state index in [9.17, 15) is 9.18 Å². The maximum Gasteiger partial charge on any atom is 0.253 e. The molecule has 37 heavy (non-hydrogen) atoms. The van der Waals surface area contributed by atoms with Crippen LogP contribution in [0.2, 0.25) is 0 Å². The largest absolute Gasteiger partial charge is 0.376 e. The minimum absolute atomic E-state index is 0.0540. The summed E-state index contributed by atoms with van der Waals surface area (Å²) in [5.74, 6) is 0.390. The molecule has 4 heterocycles. The summed E-state index contributed by atoms with van der Waals surface area (Å²) in [7, 11) is 0. The Labute approximate surface area is 213 Å². The van der Waals surface area contributed by atoms with E-state index in [4.69, 9.17) is 4.74 Å². The summed E-state index contributed by atoms with van der Waals surface area (Å²) in [6, 6.07) is 14.3. The van der Waals surface area contributed by atoms with E-state index >= 15 is 0 Å². The van der Waals surface area contributed by atoms with Crippen molar-refractivity contribution in [1.82, 2.24) is 30.1 Å². The second-order valence-corrected chi connectivity index (χ2v) is 9.82. The molecule has 0 saturated carbocycles. The first kappa shape index (κ1) is 23.7. The van der Waals surface area contributed by atoms with Crippen molar-refractivity contribution in [3.63, 3.8) is 0 Å². The molecule has 2 aliphatic rings. The summed E-state index contributed by atoms with van der Waals surface area (Å²) in [5.41, 5.74) is 2.88. The van der Waals surface area contributed by atoms with Crippen LogP contribution in [0, 0.1) is 12.7 Å². The number of aromatic nitrogens is 5. The van der Waals surface area contributed by atoms with Gasteiger partial charge >= 0.3 is 0 Å². The molecule has 2 saturated heterocycles. The summed E-state index contributed by atoms with van der Waals surface area (Å²) in [4.78, 5) is 20.9. The van der Waals surface area contributed by atoms with Crippen LogP contribution in [0.4, 0.5) is 10.1 Å². The zero-order valence-electron chi connectivity index (χ0n) is 20.8.